The highest BCUT2D eigenvalue weighted by Crippen LogP contribution is 2.29. The Morgan fingerprint density at radius 1 is 1.33 bits per heavy atom. The van der Waals surface area contributed by atoms with E-state index < -0.39 is 0 Å². The van der Waals surface area contributed by atoms with Crippen LogP contribution in [0.4, 0.5) is 4.39 Å². The number of carbonyl (C=O) groups is 1. The topological polar surface area (TPSA) is 38.3 Å². The second-order valence-electron chi connectivity index (χ2n) is 5.64. The third kappa shape index (κ3) is 5.12. The molecule has 0 aromatic heterocycles. The second kappa shape index (κ2) is 8.13. The van der Waals surface area contributed by atoms with E-state index in [0.717, 1.165) is 31.2 Å². The van der Waals surface area contributed by atoms with Gasteiger partial charge in [0.15, 0.2) is 0 Å². The first-order valence-corrected chi connectivity index (χ1v) is 7.80. The van der Waals surface area contributed by atoms with Crippen molar-refractivity contribution < 1.29 is 13.9 Å². The molecule has 1 N–H and O–H groups in total. The molecule has 4 heteroatoms. The van der Waals surface area contributed by atoms with E-state index in [1.54, 1.807) is 0 Å². The molecule has 1 amide bonds. The fraction of sp³-hybridized carbons (Fsp3) is 0.588. The molecule has 2 atom stereocenters. The van der Waals surface area contributed by atoms with Gasteiger partial charge < -0.3 is 10.1 Å². The Bertz CT molecular complexity index is 447. The van der Waals surface area contributed by atoms with Crippen LogP contribution in [-0.2, 0) is 16.0 Å². The molecule has 0 heterocycles. The maximum atomic E-state index is 12.9. The maximum Gasteiger partial charge on any atom is 0.222 e. The van der Waals surface area contributed by atoms with Crippen LogP contribution in [0.3, 0.4) is 0 Å². The number of nitrogens with one attached hydrogen (secondary N) is 1. The Kier molecular flexibility index (Phi) is 6.18. The van der Waals surface area contributed by atoms with Crippen molar-refractivity contribution in [1.29, 1.82) is 0 Å². The van der Waals surface area contributed by atoms with E-state index in [9.17, 15) is 9.18 Å². The van der Waals surface area contributed by atoms with Crippen LogP contribution in [0.1, 0.15) is 38.2 Å². The number of carbonyl (C=O) groups excluding carboxylic acids is 1. The minimum Gasteiger partial charge on any atom is -0.381 e. The van der Waals surface area contributed by atoms with E-state index in [-0.39, 0.29) is 17.8 Å². The maximum absolute atomic E-state index is 12.9. The zero-order chi connectivity index (χ0) is 15.1. The van der Waals surface area contributed by atoms with Gasteiger partial charge in [0.1, 0.15) is 5.82 Å². The SMILES string of the molecule is CCOCCC(=O)N[C@H]1CCC[C@H]1Cc1ccc(F)cc1. The largest absolute Gasteiger partial charge is 0.381 e. The van der Waals surface area contributed by atoms with Gasteiger partial charge in [-0.05, 0) is 49.8 Å². The first-order valence-electron chi connectivity index (χ1n) is 7.80. The van der Waals surface area contributed by atoms with Crippen molar-refractivity contribution in [2.75, 3.05) is 13.2 Å². The van der Waals surface area contributed by atoms with Crippen molar-refractivity contribution in [3.63, 3.8) is 0 Å². The van der Waals surface area contributed by atoms with Crippen molar-refractivity contribution in [2.24, 2.45) is 5.92 Å². The van der Waals surface area contributed by atoms with Crippen LogP contribution in [0.5, 0.6) is 0 Å². The second-order valence-corrected chi connectivity index (χ2v) is 5.64. The van der Waals surface area contributed by atoms with Gasteiger partial charge in [0, 0.05) is 19.1 Å². The van der Waals surface area contributed by atoms with E-state index in [2.05, 4.69) is 5.32 Å². The monoisotopic (exact) mass is 293 g/mol. The molecule has 116 valence electrons. The van der Waals surface area contributed by atoms with Crippen LogP contribution >= 0.6 is 0 Å². The predicted octanol–water partition coefficient (Wildman–Crippen LogP) is 3.08. The lowest BCUT2D eigenvalue weighted by Crippen LogP contribution is -2.38. The van der Waals surface area contributed by atoms with Gasteiger partial charge in [0.05, 0.1) is 6.61 Å². The number of hydrogen-bond donors (Lipinski definition) is 1. The molecule has 0 aliphatic heterocycles. The van der Waals surface area contributed by atoms with E-state index in [4.69, 9.17) is 4.74 Å². The fourth-order valence-electron chi connectivity index (χ4n) is 2.98. The summed E-state index contributed by atoms with van der Waals surface area (Å²) < 4.78 is 18.1. The van der Waals surface area contributed by atoms with Gasteiger partial charge in [-0.3, -0.25) is 4.79 Å². The van der Waals surface area contributed by atoms with Crippen LogP contribution in [0.15, 0.2) is 24.3 Å². The molecular weight excluding hydrogens is 269 g/mol. The van der Waals surface area contributed by atoms with Crippen molar-refractivity contribution in [3.05, 3.63) is 35.6 Å². The van der Waals surface area contributed by atoms with Crippen LogP contribution in [0, 0.1) is 11.7 Å². The van der Waals surface area contributed by atoms with Crippen molar-refractivity contribution in [3.8, 4) is 0 Å². The molecule has 0 bridgehead atoms. The molecule has 0 spiro atoms. The minimum absolute atomic E-state index is 0.0689. The van der Waals surface area contributed by atoms with E-state index >= 15 is 0 Å². The molecular formula is C17H24FNO2. The van der Waals surface area contributed by atoms with E-state index in [1.807, 2.05) is 19.1 Å². The highest BCUT2D eigenvalue weighted by molar-refractivity contribution is 5.76. The summed E-state index contributed by atoms with van der Waals surface area (Å²) in [5.41, 5.74) is 1.14. The Balaban J connectivity index is 1.82. The van der Waals surface area contributed by atoms with Crippen molar-refractivity contribution in [1.82, 2.24) is 5.32 Å². The Labute approximate surface area is 125 Å². The summed E-state index contributed by atoms with van der Waals surface area (Å²) in [4.78, 5) is 11.9. The smallest absolute Gasteiger partial charge is 0.222 e. The lowest BCUT2D eigenvalue weighted by Gasteiger charge is -2.21. The van der Waals surface area contributed by atoms with Crippen molar-refractivity contribution in [2.45, 2.75) is 45.1 Å². The van der Waals surface area contributed by atoms with Crippen LogP contribution in [0.25, 0.3) is 0 Å². The standard InChI is InChI=1S/C17H24FNO2/c1-2-21-11-10-17(20)19-16-5-3-4-14(16)12-13-6-8-15(18)9-7-13/h6-9,14,16H,2-5,10-12H2,1H3,(H,19,20)/t14-,16-/m0/s1. The van der Waals surface area contributed by atoms with Crippen LogP contribution in [0.2, 0.25) is 0 Å². The summed E-state index contributed by atoms with van der Waals surface area (Å²) in [5.74, 6) is 0.317. The summed E-state index contributed by atoms with van der Waals surface area (Å²) >= 11 is 0. The summed E-state index contributed by atoms with van der Waals surface area (Å²) in [5, 5.41) is 3.13. The number of ether oxygens (including phenoxy) is 1. The molecule has 2 rings (SSSR count). The fourth-order valence-corrected chi connectivity index (χ4v) is 2.98. The number of halogens is 1. The minimum atomic E-state index is -0.203. The molecule has 0 unspecified atom stereocenters. The zero-order valence-electron chi connectivity index (χ0n) is 12.6. The molecule has 0 radical (unpaired) electrons. The molecule has 1 fully saturated rings. The van der Waals surface area contributed by atoms with E-state index in [1.165, 1.54) is 12.1 Å². The average molecular weight is 293 g/mol. The molecule has 3 nitrogen and oxygen atoms in total. The summed E-state index contributed by atoms with van der Waals surface area (Å²) in [6, 6.07) is 6.91. The summed E-state index contributed by atoms with van der Waals surface area (Å²) in [6.07, 6.45) is 4.62. The van der Waals surface area contributed by atoms with Gasteiger partial charge >= 0.3 is 0 Å². The van der Waals surface area contributed by atoms with E-state index in [0.29, 0.717) is 25.6 Å². The third-order valence-corrected chi connectivity index (χ3v) is 4.09. The number of benzene rings is 1. The lowest BCUT2D eigenvalue weighted by atomic mass is 9.94. The third-order valence-electron chi connectivity index (χ3n) is 4.09. The summed E-state index contributed by atoms with van der Waals surface area (Å²) in [7, 11) is 0. The van der Waals surface area contributed by atoms with Gasteiger partial charge in [-0.2, -0.15) is 0 Å². The first-order chi connectivity index (χ1) is 10.2. The van der Waals surface area contributed by atoms with Crippen LogP contribution < -0.4 is 5.32 Å². The Hall–Kier alpha value is -1.42. The number of hydrogen-bond acceptors (Lipinski definition) is 2. The predicted molar refractivity (Wildman–Crippen MR) is 80.5 cm³/mol. The number of amides is 1. The van der Waals surface area contributed by atoms with Gasteiger partial charge in [-0.15, -0.1) is 0 Å². The average Bonchev–Trinajstić information content (AvgIpc) is 2.89. The molecule has 1 aliphatic rings. The highest BCUT2D eigenvalue weighted by atomic mass is 19.1. The Morgan fingerprint density at radius 2 is 2.10 bits per heavy atom. The molecule has 1 saturated carbocycles. The lowest BCUT2D eigenvalue weighted by molar-refractivity contribution is -0.123. The first kappa shape index (κ1) is 16.0. The highest BCUT2D eigenvalue weighted by Gasteiger charge is 2.28. The van der Waals surface area contributed by atoms with Gasteiger partial charge in [0.25, 0.3) is 0 Å². The zero-order valence-corrected chi connectivity index (χ0v) is 12.6. The molecule has 1 aliphatic carbocycles. The van der Waals surface area contributed by atoms with Gasteiger partial charge in [0.2, 0.25) is 5.91 Å². The Morgan fingerprint density at radius 3 is 2.81 bits per heavy atom. The molecule has 1 aromatic rings. The molecule has 0 saturated heterocycles. The number of rotatable bonds is 7. The van der Waals surface area contributed by atoms with Gasteiger partial charge in [-0.1, -0.05) is 18.6 Å². The summed E-state index contributed by atoms with van der Waals surface area (Å²) in [6.45, 7) is 3.05. The molecule has 21 heavy (non-hydrogen) atoms. The van der Waals surface area contributed by atoms with Gasteiger partial charge in [-0.25, -0.2) is 4.39 Å². The quantitative estimate of drug-likeness (QED) is 0.785. The van der Waals surface area contributed by atoms with Crippen molar-refractivity contribution >= 4 is 5.91 Å². The van der Waals surface area contributed by atoms with Crippen LogP contribution in [-0.4, -0.2) is 25.2 Å². The normalized spacial score (nSPS) is 21.4. The molecule has 1 aromatic carbocycles.